The van der Waals surface area contributed by atoms with Gasteiger partial charge in [-0.25, -0.2) is 0 Å². The van der Waals surface area contributed by atoms with Gasteiger partial charge in [0.15, 0.2) is 12.2 Å². The van der Waals surface area contributed by atoms with Crippen LogP contribution in [0.3, 0.4) is 0 Å². The summed E-state index contributed by atoms with van der Waals surface area (Å²) in [5, 5.41) is 4.36. The summed E-state index contributed by atoms with van der Waals surface area (Å²) in [5.74, 6) is 0.00699. The van der Waals surface area contributed by atoms with Crippen molar-refractivity contribution in [1.29, 1.82) is 0 Å². The number of hydrazone groups is 1. The van der Waals surface area contributed by atoms with E-state index in [0.29, 0.717) is 6.61 Å². The summed E-state index contributed by atoms with van der Waals surface area (Å²) in [5.41, 5.74) is 4.76. The molecule has 5 aromatic rings. The third-order valence-corrected chi connectivity index (χ3v) is 9.57. The van der Waals surface area contributed by atoms with Crippen molar-refractivity contribution in [1.82, 2.24) is 4.83 Å². The second-order valence-electron chi connectivity index (χ2n) is 12.3. The zero-order valence-electron chi connectivity index (χ0n) is 28.4. The molecule has 5 aromatic carbocycles. The fourth-order valence-corrected chi connectivity index (χ4v) is 6.43. The second-order valence-corrected chi connectivity index (χ2v) is 13.9. The van der Waals surface area contributed by atoms with Crippen LogP contribution < -0.4 is 4.83 Å². The molecule has 9 nitrogen and oxygen atoms in total. The molecular weight excluding hydrogens is 665 g/mol. The van der Waals surface area contributed by atoms with Crippen LogP contribution in [0.1, 0.15) is 27.8 Å². The Balaban J connectivity index is 1.35. The molecule has 1 saturated heterocycles. The van der Waals surface area contributed by atoms with E-state index < -0.39 is 34.4 Å². The highest BCUT2D eigenvalue weighted by atomic mass is 32.2. The minimum absolute atomic E-state index is 0.00699. The third-order valence-electron chi connectivity index (χ3n) is 8.35. The van der Waals surface area contributed by atoms with E-state index in [2.05, 4.69) is 9.93 Å². The highest BCUT2D eigenvalue weighted by Crippen LogP contribution is 2.29. The summed E-state index contributed by atoms with van der Waals surface area (Å²) in [6, 6.07) is 45.6. The number of nitrogens with zero attached hydrogens (tertiary/aromatic N) is 1. The summed E-state index contributed by atoms with van der Waals surface area (Å²) >= 11 is 0. The molecule has 10 heteroatoms. The summed E-state index contributed by atoms with van der Waals surface area (Å²) in [7, 11) is -4.05. The van der Waals surface area contributed by atoms with Gasteiger partial charge in [0, 0.05) is 0 Å². The van der Waals surface area contributed by atoms with Crippen LogP contribution in [0, 0.1) is 6.92 Å². The predicted molar refractivity (Wildman–Crippen MR) is 195 cm³/mol. The monoisotopic (exact) mass is 706 g/mol. The van der Waals surface area contributed by atoms with Crippen molar-refractivity contribution in [2.75, 3.05) is 6.61 Å². The Morgan fingerprint density at radius 1 is 0.588 bits per heavy atom. The van der Waals surface area contributed by atoms with Gasteiger partial charge in [-0.1, -0.05) is 139 Å². The van der Waals surface area contributed by atoms with Crippen molar-refractivity contribution in [3.63, 3.8) is 0 Å². The topological polar surface area (TPSA) is 105 Å². The lowest BCUT2D eigenvalue weighted by atomic mass is 9.98. The van der Waals surface area contributed by atoms with Crippen LogP contribution in [0.4, 0.5) is 0 Å². The van der Waals surface area contributed by atoms with E-state index in [1.165, 1.54) is 12.1 Å². The maximum Gasteiger partial charge on any atom is 0.276 e. The Labute approximate surface area is 299 Å². The molecule has 1 aliphatic rings. The zero-order chi connectivity index (χ0) is 35.3. The molecule has 1 fully saturated rings. The first-order chi connectivity index (χ1) is 24.9. The molecule has 0 radical (unpaired) electrons. The van der Waals surface area contributed by atoms with Crippen molar-refractivity contribution in [2.45, 2.75) is 62.7 Å². The first-order valence-electron chi connectivity index (χ1n) is 16.9. The molecule has 0 bridgehead atoms. The van der Waals surface area contributed by atoms with Gasteiger partial charge >= 0.3 is 0 Å². The van der Waals surface area contributed by atoms with E-state index in [0.717, 1.165) is 27.8 Å². The minimum atomic E-state index is -4.05. The van der Waals surface area contributed by atoms with E-state index in [-0.39, 0.29) is 37.2 Å². The summed E-state index contributed by atoms with van der Waals surface area (Å²) < 4.78 is 59.4. The van der Waals surface area contributed by atoms with Gasteiger partial charge in [-0.05, 0) is 41.3 Å². The predicted octanol–water partition coefficient (Wildman–Crippen LogP) is 6.96. The lowest BCUT2D eigenvalue weighted by Gasteiger charge is -2.42. The van der Waals surface area contributed by atoms with Crippen molar-refractivity contribution in [2.24, 2.45) is 5.10 Å². The summed E-state index contributed by atoms with van der Waals surface area (Å²) in [4.78, 5) is 2.45. The standard InChI is InChI=1S/C41H42N2O7S/c1-31-22-24-36(25-23-31)51(44,45)43-42-41-40(49-29-35-20-12-5-13-21-35)39(48-28-34-18-10-4-11-19-34)38(47-27-33-16-8-3-9-17-33)37(50-41)30-46-26-32-14-6-2-7-15-32/h2-25,37-40,43H,26-30H2,1H3/b42-41-/t37-,38-,39+,40+/m1/s1. The molecule has 0 unspecified atom stereocenters. The Morgan fingerprint density at radius 2 is 1.04 bits per heavy atom. The number of aryl methyl sites for hydroxylation is 1. The third kappa shape index (κ3) is 10.3. The van der Waals surface area contributed by atoms with Gasteiger partial charge < -0.3 is 23.7 Å². The van der Waals surface area contributed by atoms with Crippen LogP contribution in [0.5, 0.6) is 0 Å². The smallest absolute Gasteiger partial charge is 0.276 e. The van der Waals surface area contributed by atoms with Gasteiger partial charge in [0.25, 0.3) is 10.0 Å². The Bertz CT molecular complexity index is 1910. The van der Waals surface area contributed by atoms with Crippen LogP contribution in [-0.2, 0) is 60.1 Å². The lowest BCUT2D eigenvalue weighted by molar-refractivity contribution is -0.196. The molecule has 0 amide bonds. The second kappa shape index (κ2) is 17.9. The van der Waals surface area contributed by atoms with Crippen molar-refractivity contribution < 1.29 is 32.1 Å². The number of hydrogen-bond acceptors (Lipinski definition) is 8. The molecule has 0 spiro atoms. The first-order valence-corrected chi connectivity index (χ1v) is 18.3. The fourth-order valence-electron chi connectivity index (χ4n) is 5.62. The Kier molecular flexibility index (Phi) is 12.6. The normalized spacial score (nSPS) is 19.7. The van der Waals surface area contributed by atoms with Gasteiger partial charge in [-0.3, -0.25) is 0 Å². The van der Waals surface area contributed by atoms with Gasteiger partial charge in [-0.2, -0.15) is 13.2 Å². The summed E-state index contributed by atoms with van der Waals surface area (Å²) in [6.45, 7) is 3.02. The largest absolute Gasteiger partial charge is 0.469 e. The summed E-state index contributed by atoms with van der Waals surface area (Å²) in [6.07, 6.45) is -3.17. The van der Waals surface area contributed by atoms with Crippen LogP contribution in [0.15, 0.2) is 156 Å². The maximum absolute atomic E-state index is 13.4. The molecule has 0 aromatic heterocycles. The van der Waals surface area contributed by atoms with Crippen LogP contribution >= 0.6 is 0 Å². The minimum Gasteiger partial charge on any atom is -0.469 e. The van der Waals surface area contributed by atoms with Crippen molar-refractivity contribution >= 4 is 15.9 Å². The molecule has 0 saturated carbocycles. The van der Waals surface area contributed by atoms with Crippen LogP contribution in [0.2, 0.25) is 0 Å². The molecule has 264 valence electrons. The van der Waals surface area contributed by atoms with Crippen molar-refractivity contribution in [3.8, 4) is 0 Å². The van der Waals surface area contributed by atoms with E-state index in [4.69, 9.17) is 23.7 Å². The molecule has 51 heavy (non-hydrogen) atoms. The average molecular weight is 707 g/mol. The maximum atomic E-state index is 13.4. The number of hydrogen-bond donors (Lipinski definition) is 1. The van der Waals surface area contributed by atoms with Crippen LogP contribution in [-0.4, -0.2) is 45.3 Å². The highest BCUT2D eigenvalue weighted by molar-refractivity contribution is 7.89. The molecule has 1 aliphatic heterocycles. The number of nitrogens with one attached hydrogen (secondary N) is 1. The Hall–Kier alpha value is -4.84. The van der Waals surface area contributed by atoms with E-state index in [1.807, 2.05) is 128 Å². The first kappa shape index (κ1) is 36.0. The number of ether oxygens (including phenoxy) is 5. The quantitative estimate of drug-likeness (QED) is 0.111. The lowest BCUT2D eigenvalue weighted by Crippen LogP contribution is -2.60. The number of benzene rings is 5. The number of rotatable bonds is 16. The average Bonchev–Trinajstić information content (AvgIpc) is 3.17. The van der Waals surface area contributed by atoms with Gasteiger partial charge in [0.2, 0.25) is 5.90 Å². The molecule has 4 atom stereocenters. The molecular formula is C41H42N2O7S. The van der Waals surface area contributed by atoms with Gasteiger partial charge in [-0.15, -0.1) is 5.10 Å². The van der Waals surface area contributed by atoms with Crippen molar-refractivity contribution in [3.05, 3.63) is 173 Å². The fraction of sp³-hybridized carbons (Fsp3) is 0.244. The molecule has 1 N–H and O–H groups in total. The van der Waals surface area contributed by atoms with Gasteiger partial charge in [0.1, 0.15) is 12.2 Å². The SMILES string of the molecule is Cc1ccc(S(=O)(=O)N/N=C2\O[C@H](COCc3ccccc3)[C@@H](OCc3ccccc3)[C@H](OCc3ccccc3)[C@@H]2OCc2ccccc2)cc1. The number of sulfonamides is 1. The van der Waals surface area contributed by atoms with Crippen LogP contribution in [0.25, 0.3) is 0 Å². The van der Waals surface area contributed by atoms with E-state index >= 15 is 0 Å². The molecule has 0 aliphatic carbocycles. The van der Waals surface area contributed by atoms with Gasteiger partial charge in [0.05, 0.1) is 37.9 Å². The Morgan fingerprint density at radius 3 is 1.55 bits per heavy atom. The molecule has 1 heterocycles. The van der Waals surface area contributed by atoms with E-state index in [1.54, 1.807) is 12.1 Å². The zero-order valence-corrected chi connectivity index (χ0v) is 29.2. The highest BCUT2D eigenvalue weighted by Gasteiger charge is 2.48. The molecule has 6 rings (SSSR count). The van der Waals surface area contributed by atoms with E-state index in [9.17, 15) is 8.42 Å².